The Balaban J connectivity index is 2.08. The van der Waals surface area contributed by atoms with Crippen molar-refractivity contribution >= 4 is 23.3 Å². The summed E-state index contributed by atoms with van der Waals surface area (Å²) in [6, 6.07) is 10.8. The molecule has 0 bridgehead atoms. The van der Waals surface area contributed by atoms with Gasteiger partial charge in [0.1, 0.15) is 0 Å². The number of hydrogen-bond acceptors (Lipinski definition) is 5. The Labute approximate surface area is 165 Å². The van der Waals surface area contributed by atoms with Gasteiger partial charge in [0, 0.05) is 23.3 Å². The van der Waals surface area contributed by atoms with Crippen LogP contribution < -0.4 is 14.8 Å². The molecule has 2 aromatic rings. The molecule has 2 rings (SSSR count). The van der Waals surface area contributed by atoms with Gasteiger partial charge in [0.15, 0.2) is 11.5 Å². The molecule has 0 aliphatic heterocycles. The van der Waals surface area contributed by atoms with Crippen LogP contribution in [0.5, 0.6) is 11.5 Å². The first-order chi connectivity index (χ1) is 13.1. The van der Waals surface area contributed by atoms with Gasteiger partial charge in [0.25, 0.3) is 0 Å². The van der Waals surface area contributed by atoms with Crippen LogP contribution in [0, 0.1) is 0 Å². The molecule has 0 unspecified atom stereocenters. The van der Waals surface area contributed by atoms with E-state index in [1.54, 1.807) is 25.1 Å². The van der Waals surface area contributed by atoms with Crippen molar-refractivity contribution < 1.29 is 19.0 Å². The molecule has 5 nitrogen and oxygen atoms in total. The van der Waals surface area contributed by atoms with Crippen molar-refractivity contribution in [3.8, 4) is 11.5 Å². The molecule has 0 fully saturated rings. The molecule has 0 amide bonds. The third-order valence-corrected chi connectivity index (χ3v) is 4.11. The molecule has 1 N–H and O–H groups in total. The van der Waals surface area contributed by atoms with E-state index < -0.39 is 0 Å². The molecule has 0 aliphatic carbocycles. The standard InChI is InChI=1S/C21H26ClNO4/c1-4-11-27-20-13-18(22)16(12-19(20)25-5-2)14-23-17-9-7-15(8-10-17)21(24)26-6-3/h7-10,12-13,23H,4-6,11,14H2,1-3H3. The van der Waals surface area contributed by atoms with Gasteiger partial charge in [-0.2, -0.15) is 0 Å². The van der Waals surface area contributed by atoms with E-state index in [2.05, 4.69) is 5.32 Å². The van der Waals surface area contributed by atoms with Crippen LogP contribution in [-0.4, -0.2) is 25.8 Å². The van der Waals surface area contributed by atoms with Gasteiger partial charge in [-0.15, -0.1) is 0 Å². The summed E-state index contributed by atoms with van der Waals surface area (Å²) in [4.78, 5) is 11.7. The number of ether oxygens (including phenoxy) is 3. The highest BCUT2D eigenvalue weighted by Gasteiger charge is 2.11. The van der Waals surface area contributed by atoms with E-state index in [9.17, 15) is 4.79 Å². The molecule has 0 saturated heterocycles. The van der Waals surface area contributed by atoms with Crippen molar-refractivity contribution in [3.63, 3.8) is 0 Å². The lowest BCUT2D eigenvalue weighted by Gasteiger charge is -2.15. The number of esters is 1. The van der Waals surface area contributed by atoms with Crippen LogP contribution in [0.15, 0.2) is 36.4 Å². The molecule has 0 spiro atoms. The Kier molecular flexibility index (Phi) is 8.27. The quantitative estimate of drug-likeness (QED) is 0.556. The molecule has 0 saturated carbocycles. The van der Waals surface area contributed by atoms with E-state index >= 15 is 0 Å². The lowest BCUT2D eigenvalue weighted by molar-refractivity contribution is 0.0526. The Morgan fingerprint density at radius 1 is 1.00 bits per heavy atom. The Hall–Kier alpha value is -2.40. The van der Waals surface area contributed by atoms with Crippen LogP contribution in [0.25, 0.3) is 0 Å². The van der Waals surface area contributed by atoms with Crippen molar-refractivity contribution in [1.29, 1.82) is 0 Å². The second kappa shape index (κ2) is 10.7. The van der Waals surface area contributed by atoms with Gasteiger partial charge < -0.3 is 19.5 Å². The second-order valence-electron chi connectivity index (χ2n) is 5.82. The summed E-state index contributed by atoms with van der Waals surface area (Å²) in [5.74, 6) is 1.02. The van der Waals surface area contributed by atoms with Crippen molar-refractivity contribution in [2.24, 2.45) is 0 Å². The molecular formula is C21H26ClNO4. The van der Waals surface area contributed by atoms with Crippen LogP contribution in [-0.2, 0) is 11.3 Å². The highest BCUT2D eigenvalue weighted by molar-refractivity contribution is 6.31. The maximum atomic E-state index is 11.7. The first-order valence-electron chi connectivity index (χ1n) is 9.18. The van der Waals surface area contributed by atoms with Crippen LogP contribution in [0.2, 0.25) is 5.02 Å². The highest BCUT2D eigenvalue weighted by Crippen LogP contribution is 2.34. The lowest BCUT2D eigenvalue weighted by Crippen LogP contribution is -2.06. The lowest BCUT2D eigenvalue weighted by atomic mass is 10.1. The van der Waals surface area contributed by atoms with E-state index in [1.807, 2.05) is 32.0 Å². The topological polar surface area (TPSA) is 56.8 Å². The molecule has 0 aromatic heterocycles. The molecule has 0 aliphatic rings. The molecule has 0 radical (unpaired) electrons. The van der Waals surface area contributed by atoms with Gasteiger partial charge in [-0.3, -0.25) is 0 Å². The number of benzene rings is 2. The Morgan fingerprint density at radius 2 is 1.70 bits per heavy atom. The number of rotatable bonds is 10. The third-order valence-electron chi connectivity index (χ3n) is 3.75. The zero-order valence-electron chi connectivity index (χ0n) is 16.0. The summed E-state index contributed by atoms with van der Waals surface area (Å²) in [5.41, 5.74) is 2.30. The first-order valence-corrected chi connectivity index (χ1v) is 9.55. The summed E-state index contributed by atoms with van der Waals surface area (Å²) >= 11 is 6.41. The number of nitrogens with one attached hydrogen (secondary N) is 1. The van der Waals surface area contributed by atoms with Crippen LogP contribution >= 0.6 is 11.6 Å². The zero-order chi connectivity index (χ0) is 19.6. The van der Waals surface area contributed by atoms with Crippen molar-refractivity contribution in [3.05, 3.63) is 52.5 Å². The normalized spacial score (nSPS) is 10.4. The number of hydrogen-bond donors (Lipinski definition) is 1. The minimum atomic E-state index is -0.323. The molecule has 2 aromatic carbocycles. The predicted octanol–water partition coefficient (Wildman–Crippen LogP) is 5.32. The van der Waals surface area contributed by atoms with Gasteiger partial charge in [-0.25, -0.2) is 4.79 Å². The van der Waals surface area contributed by atoms with E-state index in [0.717, 1.165) is 17.7 Å². The van der Waals surface area contributed by atoms with Crippen molar-refractivity contribution in [2.45, 2.75) is 33.7 Å². The highest BCUT2D eigenvalue weighted by atomic mass is 35.5. The van der Waals surface area contributed by atoms with E-state index in [0.29, 0.717) is 48.5 Å². The van der Waals surface area contributed by atoms with Crippen molar-refractivity contribution in [1.82, 2.24) is 0 Å². The summed E-state index contributed by atoms with van der Waals surface area (Å²) in [7, 11) is 0. The Bertz CT molecular complexity index is 747. The third kappa shape index (κ3) is 6.07. The minimum Gasteiger partial charge on any atom is -0.490 e. The fourth-order valence-corrected chi connectivity index (χ4v) is 2.66. The maximum absolute atomic E-state index is 11.7. The van der Waals surface area contributed by atoms with Crippen molar-refractivity contribution in [2.75, 3.05) is 25.1 Å². The van der Waals surface area contributed by atoms with Crippen LogP contribution in [0.1, 0.15) is 43.1 Å². The number of anilines is 1. The smallest absolute Gasteiger partial charge is 0.338 e. The predicted molar refractivity (Wildman–Crippen MR) is 108 cm³/mol. The zero-order valence-corrected chi connectivity index (χ0v) is 16.8. The van der Waals surface area contributed by atoms with Gasteiger partial charge in [0.2, 0.25) is 0 Å². The summed E-state index contributed by atoms with van der Waals surface area (Å²) in [6.45, 7) is 7.80. The molecule has 146 valence electrons. The average molecular weight is 392 g/mol. The first kappa shape index (κ1) is 20.9. The van der Waals surface area contributed by atoms with Crippen LogP contribution in [0.3, 0.4) is 0 Å². The molecule has 6 heteroatoms. The monoisotopic (exact) mass is 391 g/mol. The molecule has 0 heterocycles. The van der Waals surface area contributed by atoms with E-state index in [4.69, 9.17) is 25.8 Å². The van der Waals surface area contributed by atoms with Crippen LogP contribution in [0.4, 0.5) is 5.69 Å². The Morgan fingerprint density at radius 3 is 2.33 bits per heavy atom. The van der Waals surface area contributed by atoms with E-state index in [1.165, 1.54) is 0 Å². The van der Waals surface area contributed by atoms with Gasteiger partial charge in [-0.1, -0.05) is 18.5 Å². The van der Waals surface area contributed by atoms with Gasteiger partial charge >= 0.3 is 5.97 Å². The average Bonchev–Trinajstić information content (AvgIpc) is 2.67. The summed E-state index contributed by atoms with van der Waals surface area (Å²) in [6.07, 6.45) is 0.911. The maximum Gasteiger partial charge on any atom is 0.338 e. The molecule has 27 heavy (non-hydrogen) atoms. The second-order valence-corrected chi connectivity index (χ2v) is 6.23. The minimum absolute atomic E-state index is 0.323. The summed E-state index contributed by atoms with van der Waals surface area (Å²) in [5, 5.41) is 3.91. The van der Waals surface area contributed by atoms with Gasteiger partial charge in [-0.05, 0) is 56.2 Å². The summed E-state index contributed by atoms with van der Waals surface area (Å²) < 4.78 is 16.4. The van der Waals surface area contributed by atoms with E-state index in [-0.39, 0.29) is 5.97 Å². The SMILES string of the molecule is CCCOc1cc(Cl)c(CNc2ccc(C(=O)OCC)cc2)cc1OCC. The molecule has 0 atom stereocenters. The largest absolute Gasteiger partial charge is 0.490 e. The number of halogens is 1. The fourth-order valence-electron chi connectivity index (χ4n) is 2.44. The number of carbonyl (C=O) groups excluding carboxylic acids is 1. The number of carbonyl (C=O) groups is 1. The fraction of sp³-hybridized carbons (Fsp3) is 0.381. The van der Waals surface area contributed by atoms with Gasteiger partial charge in [0.05, 0.1) is 25.4 Å². The molecular weight excluding hydrogens is 366 g/mol.